The zero-order chi connectivity index (χ0) is 31.1. The van der Waals surface area contributed by atoms with Gasteiger partial charge in [0.05, 0.1) is 10.9 Å². The lowest BCUT2D eigenvalue weighted by molar-refractivity contribution is -0.311. The molecule has 1 saturated heterocycles. The summed E-state index contributed by atoms with van der Waals surface area (Å²) in [6.07, 6.45) is 0.549. The molecule has 0 unspecified atom stereocenters. The fourth-order valence-electron chi connectivity index (χ4n) is 5.30. The second kappa shape index (κ2) is 14.3. The van der Waals surface area contributed by atoms with Crippen LogP contribution < -0.4 is 15.5 Å². The largest absolute Gasteiger partial charge is 0.508 e. The van der Waals surface area contributed by atoms with E-state index >= 15 is 0 Å². The number of phenolic OH excluding ortho intramolecular Hbond substituents is 1. The maximum Gasteiger partial charge on any atom is 0.335 e. The number of ether oxygens (including phenoxy) is 2. The molecule has 11 heteroatoms. The minimum absolute atomic E-state index is 0.0611. The van der Waals surface area contributed by atoms with Gasteiger partial charge in [-0.25, -0.2) is 4.79 Å². The number of carboxylic acid groups (broad SMARTS) is 1. The zero-order valence-corrected chi connectivity index (χ0v) is 24.4. The molecule has 6 N–H and O–H groups in total. The van der Waals surface area contributed by atoms with Crippen molar-refractivity contribution >= 4 is 16.9 Å². The first-order chi connectivity index (χ1) is 20.5. The molecule has 1 aliphatic heterocycles. The van der Waals surface area contributed by atoms with Crippen LogP contribution in [0.2, 0.25) is 0 Å². The Balaban J connectivity index is 1.51. The van der Waals surface area contributed by atoms with Crippen molar-refractivity contribution in [3.05, 3.63) is 59.0 Å². The van der Waals surface area contributed by atoms with Crippen LogP contribution in [0.25, 0.3) is 22.1 Å². The van der Waals surface area contributed by atoms with Crippen molar-refractivity contribution in [1.29, 1.82) is 0 Å². The van der Waals surface area contributed by atoms with Crippen LogP contribution in [0, 0.1) is 5.92 Å². The van der Waals surface area contributed by atoms with Gasteiger partial charge in [0.1, 0.15) is 35.6 Å². The number of phenols is 1. The molecule has 0 saturated carbocycles. The summed E-state index contributed by atoms with van der Waals surface area (Å²) in [5, 5.41) is 55.3. The molecule has 1 aromatic heterocycles. The van der Waals surface area contributed by atoms with E-state index in [4.69, 9.17) is 13.9 Å². The third kappa shape index (κ3) is 7.54. The molecule has 0 spiro atoms. The molecule has 6 atom stereocenters. The molecule has 43 heavy (non-hydrogen) atoms. The second-order valence-electron chi connectivity index (χ2n) is 11.4. The Morgan fingerprint density at radius 1 is 1.09 bits per heavy atom. The molecule has 0 amide bonds. The van der Waals surface area contributed by atoms with Crippen molar-refractivity contribution < 1.29 is 44.2 Å². The first-order valence-corrected chi connectivity index (χ1v) is 14.7. The highest BCUT2D eigenvalue weighted by molar-refractivity contribution is 5.82. The van der Waals surface area contributed by atoms with Gasteiger partial charge in [0.2, 0.25) is 6.29 Å². The molecule has 1 aliphatic rings. The fraction of sp³-hybridized carbons (Fsp3) is 0.500. The molecule has 1 fully saturated rings. The number of carboxylic acids is 1. The Labute approximate surface area is 249 Å². The van der Waals surface area contributed by atoms with Crippen molar-refractivity contribution in [2.75, 3.05) is 13.1 Å². The molecule has 3 aromatic rings. The number of aliphatic hydroxyl groups excluding tert-OH is 2. The van der Waals surface area contributed by atoms with Gasteiger partial charge in [-0.15, -0.1) is 0 Å². The Kier molecular flexibility index (Phi) is 10.8. The summed E-state index contributed by atoms with van der Waals surface area (Å²) >= 11 is 0. The SMILES string of the molecule is CCCCCC[C@H](C)CCNC[C@@]1(O)[C@H](Oc2ccc3c(=O)c(-c4ccc(O)cc4)coc3c2)O[C@H](C(=O)O)[C@@H](O)[C@@H]1O. The van der Waals surface area contributed by atoms with Gasteiger partial charge in [-0.1, -0.05) is 58.1 Å². The van der Waals surface area contributed by atoms with Crippen LogP contribution in [0.1, 0.15) is 52.4 Å². The van der Waals surface area contributed by atoms with Gasteiger partial charge in [-0.05, 0) is 48.7 Å². The van der Waals surface area contributed by atoms with E-state index in [0.29, 0.717) is 18.0 Å². The zero-order valence-electron chi connectivity index (χ0n) is 24.4. The van der Waals surface area contributed by atoms with E-state index in [1.54, 1.807) is 12.1 Å². The van der Waals surface area contributed by atoms with E-state index in [9.17, 15) is 35.1 Å². The van der Waals surface area contributed by atoms with Gasteiger partial charge < -0.3 is 44.7 Å². The maximum absolute atomic E-state index is 13.1. The molecule has 0 radical (unpaired) electrons. The summed E-state index contributed by atoms with van der Waals surface area (Å²) in [5.41, 5.74) is -1.54. The van der Waals surface area contributed by atoms with Crippen LogP contribution in [0.5, 0.6) is 11.5 Å². The van der Waals surface area contributed by atoms with Crippen molar-refractivity contribution in [3.63, 3.8) is 0 Å². The topological polar surface area (TPSA) is 179 Å². The molecule has 11 nitrogen and oxygen atoms in total. The molecular weight excluding hydrogens is 558 g/mol. The van der Waals surface area contributed by atoms with Crippen LogP contribution >= 0.6 is 0 Å². The minimum Gasteiger partial charge on any atom is -0.508 e. The van der Waals surface area contributed by atoms with Gasteiger partial charge in [-0.2, -0.15) is 0 Å². The second-order valence-corrected chi connectivity index (χ2v) is 11.4. The highest BCUT2D eigenvalue weighted by Crippen LogP contribution is 2.33. The average molecular weight is 600 g/mol. The number of carbonyl (C=O) groups is 1. The number of unbranched alkanes of at least 4 members (excludes halogenated alkanes) is 3. The average Bonchev–Trinajstić information content (AvgIpc) is 2.98. The van der Waals surface area contributed by atoms with Gasteiger partial charge >= 0.3 is 5.97 Å². The Hall–Kier alpha value is -3.48. The predicted molar refractivity (Wildman–Crippen MR) is 159 cm³/mol. The van der Waals surface area contributed by atoms with E-state index in [-0.39, 0.29) is 40.0 Å². The minimum atomic E-state index is -2.21. The van der Waals surface area contributed by atoms with Gasteiger partial charge in [0, 0.05) is 12.6 Å². The van der Waals surface area contributed by atoms with Gasteiger partial charge in [-0.3, -0.25) is 4.79 Å². The molecular formula is C32H41NO10. The number of benzene rings is 2. The van der Waals surface area contributed by atoms with Crippen LogP contribution in [0.15, 0.2) is 57.9 Å². The smallest absolute Gasteiger partial charge is 0.335 e. The van der Waals surface area contributed by atoms with Crippen LogP contribution in [0.3, 0.4) is 0 Å². The third-order valence-corrected chi connectivity index (χ3v) is 8.01. The van der Waals surface area contributed by atoms with Crippen LogP contribution in [-0.4, -0.2) is 74.8 Å². The number of nitrogens with one attached hydrogen (secondary N) is 1. The monoisotopic (exact) mass is 599 g/mol. The number of rotatable bonds is 14. The number of aromatic hydroxyl groups is 1. The Morgan fingerprint density at radius 2 is 1.84 bits per heavy atom. The third-order valence-electron chi connectivity index (χ3n) is 8.01. The fourth-order valence-corrected chi connectivity index (χ4v) is 5.30. The summed E-state index contributed by atoms with van der Waals surface area (Å²) in [6, 6.07) is 10.4. The molecule has 0 aliphatic carbocycles. The number of fused-ring (bicyclic) bond motifs is 1. The summed E-state index contributed by atoms with van der Waals surface area (Å²) in [7, 11) is 0. The van der Waals surface area contributed by atoms with E-state index in [1.165, 1.54) is 55.9 Å². The number of aliphatic carboxylic acids is 1. The summed E-state index contributed by atoms with van der Waals surface area (Å²) in [4.78, 5) is 24.9. The summed E-state index contributed by atoms with van der Waals surface area (Å²) in [6.45, 7) is 4.59. The first-order valence-electron chi connectivity index (χ1n) is 14.7. The molecule has 2 heterocycles. The van der Waals surface area contributed by atoms with Crippen LogP contribution in [0.4, 0.5) is 0 Å². The standard InChI is InChI=1S/C32H41NO10/c1-3-4-5-6-7-19(2)14-15-33-18-32(40)29(37)27(36)28(30(38)39)43-31(32)42-22-12-13-23-25(16-22)41-17-24(26(23)35)20-8-10-21(34)11-9-20/h8-13,16-17,19,27-29,31,33-34,36-37,40H,3-7,14-15,18H2,1-2H3,(H,38,39)/t19-,27+,28-,29-,31+,32-/m0/s1. The van der Waals surface area contributed by atoms with Gasteiger partial charge in [0.25, 0.3) is 0 Å². The quantitative estimate of drug-likeness (QED) is 0.150. The van der Waals surface area contributed by atoms with E-state index < -0.39 is 36.2 Å². The lowest BCUT2D eigenvalue weighted by atomic mass is 9.86. The maximum atomic E-state index is 13.1. The Morgan fingerprint density at radius 3 is 2.53 bits per heavy atom. The molecule has 0 bridgehead atoms. The van der Waals surface area contributed by atoms with Crippen molar-refractivity contribution in [2.24, 2.45) is 5.92 Å². The highest BCUT2D eigenvalue weighted by Gasteiger charge is 2.58. The predicted octanol–water partition coefficient (Wildman–Crippen LogP) is 3.39. The lowest BCUT2D eigenvalue weighted by Crippen LogP contribution is -2.71. The molecule has 4 rings (SSSR count). The van der Waals surface area contributed by atoms with E-state index in [1.807, 2.05) is 0 Å². The normalized spacial score (nSPS) is 24.6. The molecule has 234 valence electrons. The lowest BCUT2D eigenvalue weighted by Gasteiger charge is -2.46. The van der Waals surface area contributed by atoms with Crippen LogP contribution in [-0.2, 0) is 9.53 Å². The summed E-state index contributed by atoms with van der Waals surface area (Å²) < 4.78 is 17.0. The van der Waals surface area contributed by atoms with E-state index in [2.05, 4.69) is 19.2 Å². The van der Waals surface area contributed by atoms with E-state index in [0.717, 1.165) is 19.3 Å². The molecule has 2 aromatic carbocycles. The van der Waals surface area contributed by atoms with Gasteiger partial charge in [0.15, 0.2) is 17.1 Å². The number of hydrogen-bond acceptors (Lipinski definition) is 10. The van der Waals surface area contributed by atoms with Crippen molar-refractivity contribution in [3.8, 4) is 22.6 Å². The summed E-state index contributed by atoms with van der Waals surface area (Å²) in [5.74, 6) is -0.948. The number of hydrogen-bond donors (Lipinski definition) is 6. The van der Waals surface area contributed by atoms with Crippen molar-refractivity contribution in [2.45, 2.75) is 82.6 Å². The number of aliphatic hydroxyl groups is 3. The first kappa shape index (κ1) is 32.4. The van der Waals surface area contributed by atoms with Crippen molar-refractivity contribution in [1.82, 2.24) is 5.32 Å². The Bertz CT molecular complexity index is 1420. The highest BCUT2D eigenvalue weighted by atomic mass is 16.7.